The highest BCUT2D eigenvalue weighted by molar-refractivity contribution is 7.14. The Bertz CT molecular complexity index is 344. The molecule has 0 saturated heterocycles. The molecule has 1 aliphatic carbocycles. The predicted molar refractivity (Wildman–Crippen MR) is 65.4 cm³/mol. The van der Waals surface area contributed by atoms with Crippen LogP contribution in [0.25, 0.3) is 0 Å². The Morgan fingerprint density at radius 2 is 2.33 bits per heavy atom. The van der Waals surface area contributed by atoms with E-state index in [4.69, 9.17) is 5.84 Å². The first-order valence-corrected chi connectivity index (χ1v) is 6.29. The van der Waals surface area contributed by atoms with Crippen LogP contribution in [0.1, 0.15) is 35.1 Å². The summed E-state index contributed by atoms with van der Waals surface area (Å²) in [6, 6.07) is 2.24. The molecule has 0 unspecified atom stereocenters. The zero-order valence-electron chi connectivity index (χ0n) is 9.05. The van der Waals surface area contributed by atoms with Crippen LogP contribution >= 0.6 is 11.3 Å². The van der Waals surface area contributed by atoms with Crippen molar-refractivity contribution >= 4 is 17.2 Å². The van der Waals surface area contributed by atoms with Gasteiger partial charge in [0.25, 0.3) is 0 Å². The topological polar surface area (TPSA) is 50.4 Å². The Morgan fingerprint density at radius 3 is 3.00 bits per heavy atom. The molecule has 3 nitrogen and oxygen atoms in total. The standard InChI is InChI=1S/C11H17N3S/c1-2-13-11(14-12)10-7-8-5-3-4-6-9(8)15-10/h7H,2-6,12H2,1H3,(H,13,14). The van der Waals surface area contributed by atoms with Gasteiger partial charge in [-0.1, -0.05) is 0 Å². The monoisotopic (exact) mass is 223 g/mol. The minimum absolute atomic E-state index is 0.766. The van der Waals surface area contributed by atoms with Crippen molar-refractivity contribution in [3.05, 3.63) is 21.4 Å². The van der Waals surface area contributed by atoms with Crippen molar-refractivity contribution in [3.63, 3.8) is 0 Å². The zero-order chi connectivity index (χ0) is 10.7. The van der Waals surface area contributed by atoms with Crippen LogP contribution in [0.3, 0.4) is 0 Å². The quantitative estimate of drug-likeness (QED) is 0.348. The number of nitrogens with two attached hydrogens (primary N) is 1. The highest BCUT2D eigenvalue weighted by atomic mass is 32.1. The molecular formula is C11H17N3S. The van der Waals surface area contributed by atoms with E-state index >= 15 is 0 Å². The maximum absolute atomic E-state index is 5.47. The van der Waals surface area contributed by atoms with E-state index in [9.17, 15) is 0 Å². The van der Waals surface area contributed by atoms with Crippen molar-refractivity contribution in [3.8, 4) is 0 Å². The molecule has 0 bridgehead atoms. The summed E-state index contributed by atoms with van der Waals surface area (Å²) in [5.74, 6) is 6.31. The summed E-state index contributed by atoms with van der Waals surface area (Å²) in [7, 11) is 0. The molecule has 4 heteroatoms. The molecule has 1 heterocycles. The third kappa shape index (κ3) is 2.21. The highest BCUT2D eigenvalue weighted by Crippen LogP contribution is 2.29. The van der Waals surface area contributed by atoms with Crippen molar-refractivity contribution in [2.75, 3.05) is 6.54 Å². The Labute approximate surface area is 94.4 Å². The van der Waals surface area contributed by atoms with Gasteiger partial charge in [0.2, 0.25) is 0 Å². The molecule has 3 N–H and O–H groups in total. The van der Waals surface area contributed by atoms with Crippen LogP contribution in [0.15, 0.2) is 11.1 Å². The van der Waals surface area contributed by atoms with Gasteiger partial charge < -0.3 is 5.43 Å². The molecule has 0 amide bonds. The predicted octanol–water partition coefficient (Wildman–Crippen LogP) is 1.86. The molecule has 0 radical (unpaired) electrons. The largest absolute Gasteiger partial charge is 0.308 e. The second-order valence-corrected chi connectivity index (χ2v) is 4.87. The van der Waals surface area contributed by atoms with Gasteiger partial charge in [-0.3, -0.25) is 4.99 Å². The summed E-state index contributed by atoms with van der Waals surface area (Å²) in [6.07, 6.45) is 5.09. The van der Waals surface area contributed by atoms with Gasteiger partial charge in [0, 0.05) is 11.4 Å². The second kappa shape index (κ2) is 4.77. The molecule has 0 fully saturated rings. The fourth-order valence-electron chi connectivity index (χ4n) is 1.96. The van der Waals surface area contributed by atoms with Crippen molar-refractivity contribution in [1.29, 1.82) is 0 Å². The third-order valence-corrected chi connectivity index (χ3v) is 3.93. The van der Waals surface area contributed by atoms with Crippen molar-refractivity contribution in [1.82, 2.24) is 5.43 Å². The molecule has 15 heavy (non-hydrogen) atoms. The number of aryl methyl sites for hydroxylation is 2. The molecule has 0 atom stereocenters. The van der Waals surface area contributed by atoms with Gasteiger partial charge in [0.1, 0.15) is 0 Å². The van der Waals surface area contributed by atoms with Crippen LogP contribution in [0, 0.1) is 0 Å². The summed E-state index contributed by atoms with van der Waals surface area (Å²) in [4.78, 5) is 7.06. The summed E-state index contributed by atoms with van der Waals surface area (Å²) < 4.78 is 0. The third-order valence-electron chi connectivity index (χ3n) is 2.68. The lowest BCUT2D eigenvalue weighted by Crippen LogP contribution is -2.30. The lowest BCUT2D eigenvalue weighted by Gasteiger charge is -2.08. The molecule has 0 saturated carbocycles. The first kappa shape index (κ1) is 10.6. The smallest absolute Gasteiger partial charge is 0.152 e. The average Bonchev–Trinajstić information content (AvgIpc) is 2.69. The van der Waals surface area contributed by atoms with E-state index in [1.165, 1.54) is 41.0 Å². The van der Waals surface area contributed by atoms with Crippen LogP contribution in [-0.4, -0.2) is 12.4 Å². The number of thiophene rings is 1. The number of amidine groups is 1. The SMILES string of the molecule is CCN=C(NN)c1cc2c(s1)CCCC2. The summed E-state index contributed by atoms with van der Waals surface area (Å²) >= 11 is 1.83. The maximum Gasteiger partial charge on any atom is 0.152 e. The molecule has 0 aliphatic heterocycles. The molecule has 1 aliphatic rings. The first-order valence-electron chi connectivity index (χ1n) is 5.48. The van der Waals surface area contributed by atoms with Crippen molar-refractivity contribution in [2.45, 2.75) is 32.6 Å². The molecule has 0 spiro atoms. The van der Waals surface area contributed by atoms with E-state index in [1.807, 2.05) is 18.3 Å². The number of rotatable bonds is 2. The lowest BCUT2D eigenvalue weighted by atomic mass is 9.99. The van der Waals surface area contributed by atoms with E-state index < -0.39 is 0 Å². The van der Waals surface area contributed by atoms with Gasteiger partial charge in [-0.05, 0) is 44.2 Å². The Kier molecular flexibility index (Phi) is 3.38. The normalized spacial score (nSPS) is 16.3. The first-order chi connectivity index (χ1) is 7.35. The van der Waals surface area contributed by atoms with Gasteiger partial charge in [-0.2, -0.15) is 0 Å². The number of hydrogen-bond donors (Lipinski definition) is 2. The minimum atomic E-state index is 0.766. The number of hydrogen-bond acceptors (Lipinski definition) is 3. The Hall–Kier alpha value is -0.870. The molecule has 1 aromatic rings. The van der Waals surface area contributed by atoms with Gasteiger partial charge in [0.05, 0.1) is 4.88 Å². The molecule has 0 aromatic carbocycles. The van der Waals surface area contributed by atoms with Crippen molar-refractivity contribution < 1.29 is 0 Å². The van der Waals surface area contributed by atoms with E-state index in [1.54, 1.807) is 0 Å². The minimum Gasteiger partial charge on any atom is -0.308 e. The number of nitrogens with zero attached hydrogens (tertiary/aromatic N) is 1. The van der Waals surface area contributed by atoms with Gasteiger partial charge >= 0.3 is 0 Å². The van der Waals surface area contributed by atoms with E-state index in [-0.39, 0.29) is 0 Å². The number of aliphatic imine (C=N–C) groups is 1. The van der Waals surface area contributed by atoms with Crippen LogP contribution in [0.5, 0.6) is 0 Å². The number of fused-ring (bicyclic) bond motifs is 1. The van der Waals surface area contributed by atoms with E-state index in [0.717, 1.165) is 12.4 Å². The molecule has 82 valence electrons. The van der Waals surface area contributed by atoms with Crippen molar-refractivity contribution in [2.24, 2.45) is 10.8 Å². The van der Waals surface area contributed by atoms with E-state index in [0.29, 0.717) is 0 Å². The summed E-state index contributed by atoms with van der Waals surface area (Å²) in [5, 5.41) is 0. The molecule has 1 aromatic heterocycles. The van der Waals surface area contributed by atoms with E-state index in [2.05, 4.69) is 16.5 Å². The Morgan fingerprint density at radius 1 is 1.53 bits per heavy atom. The van der Waals surface area contributed by atoms with Crippen LogP contribution < -0.4 is 11.3 Å². The van der Waals surface area contributed by atoms with Crippen LogP contribution in [0.4, 0.5) is 0 Å². The molecule has 2 rings (SSSR count). The van der Waals surface area contributed by atoms with Gasteiger partial charge in [-0.15, -0.1) is 11.3 Å². The average molecular weight is 223 g/mol. The number of hydrazine groups is 1. The maximum atomic E-state index is 5.47. The van der Waals surface area contributed by atoms with Crippen LogP contribution in [-0.2, 0) is 12.8 Å². The van der Waals surface area contributed by atoms with Gasteiger partial charge in [0.15, 0.2) is 5.84 Å². The fraction of sp³-hybridized carbons (Fsp3) is 0.545. The second-order valence-electron chi connectivity index (χ2n) is 3.73. The number of nitrogens with one attached hydrogen (secondary N) is 1. The summed E-state index contributed by atoms with van der Waals surface area (Å²) in [6.45, 7) is 2.78. The zero-order valence-corrected chi connectivity index (χ0v) is 9.86. The lowest BCUT2D eigenvalue weighted by molar-refractivity contribution is 0.697. The summed E-state index contributed by atoms with van der Waals surface area (Å²) in [5.41, 5.74) is 4.19. The highest BCUT2D eigenvalue weighted by Gasteiger charge is 2.15. The fourth-order valence-corrected chi connectivity index (χ4v) is 3.19. The molecular weight excluding hydrogens is 206 g/mol. The van der Waals surface area contributed by atoms with Crippen LogP contribution in [0.2, 0.25) is 0 Å². The Balaban J connectivity index is 2.28. The van der Waals surface area contributed by atoms with Gasteiger partial charge in [-0.25, -0.2) is 5.84 Å².